The third kappa shape index (κ3) is 5.63. The molecular formula is C14H22N2O2S. The van der Waals surface area contributed by atoms with E-state index in [1.165, 1.54) is 0 Å². The molecule has 0 bridgehead atoms. The first kappa shape index (κ1) is 16.0. The van der Waals surface area contributed by atoms with Crippen LogP contribution in [-0.2, 0) is 16.1 Å². The largest absolute Gasteiger partial charge is 0.465 e. The zero-order valence-corrected chi connectivity index (χ0v) is 12.4. The summed E-state index contributed by atoms with van der Waals surface area (Å²) in [5, 5.41) is 1.57. The molecule has 1 atom stereocenters. The van der Waals surface area contributed by atoms with Crippen molar-refractivity contribution in [3.05, 3.63) is 35.9 Å². The Labute approximate surface area is 119 Å². The van der Waals surface area contributed by atoms with E-state index in [0.717, 1.165) is 11.3 Å². The molecule has 0 aliphatic heterocycles. The van der Waals surface area contributed by atoms with Crippen LogP contribution in [0.2, 0.25) is 0 Å². The second-order valence-electron chi connectivity index (χ2n) is 4.21. The lowest BCUT2D eigenvalue weighted by Gasteiger charge is -2.25. The van der Waals surface area contributed by atoms with Crippen LogP contribution in [0.1, 0.15) is 18.9 Å². The van der Waals surface area contributed by atoms with Crippen molar-refractivity contribution in [3.63, 3.8) is 0 Å². The van der Waals surface area contributed by atoms with E-state index in [0.29, 0.717) is 19.6 Å². The molecule has 0 aliphatic rings. The highest BCUT2D eigenvalue weighted by Gasteiger charge is 2.24. The summed E-state index contributed by atoms with van der Waals surface area (Å²) in [4.78, 5) is 11.9. The molecule has 0 amide bonds. The van der Waals surface area contributed by atoms with Crippen LogP contribution in [0.15, 0.2) is 30.3 Å². The van der Waals surface area contributed by atoms with Crippen molar-refractivity contribution in [1.82, 2.24) is 5.01 Å². The van der Waals surface area contributed by atoms with Crippen molar-refractivity contribution < 1.29 is 9.53 Å². The molecule has 106 valence electrons. The summed E-state index contributed by atoms with van der Waals surface area (Å²) in [5.74, 6) is 6.69. The van der Waals surface area contributed by atoms with Crippen molar-refractivity contribution in [3.8, 4) is 0 Å². The Morgan fingerprint density at radius 3 is 2.68 bits per heavy atom. The Hall–Kier alpha value is -1.04. The summed E-state index contributed by atoms with van der Waals surface area (Å²) in [7, 11) is 0. The number of nitrogens with zero attached hydrogens (tertiary/aromatic N) is 1. The van der Waals surface area contributed by atoms with E-state index in [1.54, 1.807) is 16.8 Å². The second kappa shape index (κ2) is 8.96. The number of hydrogen-bond donors (Lipinski definition) is 1. The van der Waals surface area contributed by atoms with E-state index in [1.807, 2.05) is 43.5 Å². The van der Waals surface area contributed by atoms with Crippen LogP contribution in [-0.4, -0.2) is 35.6 Å². The smallest absolute Gasteiger partial charge is 0.324 e. The van der Waals surface area contributed by atoms with Gasteiger partial charge in [-0.1, -0.05) is 30.3 Å². The molecule has 0 spiro atoms. The molecule has 5 heteroatoms. The number of carbonyl (C=O) groups excluding carboxylic acids is 1. The maximum absolute atomic E-state index is 11.9. The number of hydrazine groups is 1. The lowest BCUT2D eigenvalue weighted by atomic mass is 10.1. The van der Waals surface area contributed by atoms with Gasteiger partial charge in [-0.2, -0.15) is 11.8 Å². The normalized spacial score (nSPS) is 12.4. The Kier molecular flexibility index (Phi) is 7.55. The number of hydrogen-bond acceptors (Lipinski definition) is 5. The van der Waals surface area contributed by atoms with E-state index in [-0.39, 0.29) is 12.0 Å². The molecule has 0 heterocycles. The van der Waals surface area contributed by atoms with Gasteiger partial charge in [0.25, 0.3) is 0 Å². The van der Waals surface area contributed by atoms with Crippen LogP contribution >= 0.6 is 11.8 Å². The molecule has 0 unspecified atom stereocenters. The highest BCUT2D eigenvalue weighted by molar-refractivity contribution is 7.98. The van der Waals surface area contributed by atoms with Crippen LogP contribution in [0.25, 0.3) is 0 Å². The molecule has 19 heavy (non-hydrogen) atoms. The quantitative estimate of drug-likeness (QED) is 0.449. The third-order valence-corrected chi connectivity index (χ3v) is 3.41. The molecule has 1 rings (SSSR count). The van der Waals surface area contributed by atoms with Crippen LogP contribution in [0.3, 0.4) is 0 Å². The lowest BCUT2D eigenvalue weighted by molar-refractivity contribution is -0.150. The number of carbonyl (C=O) groups is 1. The number of benzene rings is 1. The van der Waals surface area contributed by atoms with Gasteiger partial charge in [0.2, 0.25) is 0 Å². The van der Waals surface area contributed by atoms with Gasteiger partial charge in [-0.25, -0.2) is 5.01 Å². The Morgan fingerprint density at radius 1 is 1.42 bits per heavy atom. The van der Waals surface area contributed by atoms with E-state index >= 15 is 0 Å². The molecule has 0 radical (unpaired) electrons. The molecular weight excluding hydrogens is 260 g/mol. The average molecular weight is 282 g/mol. The fourth-order valence-corrected chi connectivity index (χ4v) is 2.25. The Balaban J connectivity index is 2.64. The van der Waals surface area contributed by atoms with Gasteiger partial charge in [-0.05, 0) is 30.9 Å². The third-order valence-electron chi connectivity index (χ3n) is 2.76. The summed E-state index contributed by atoms with van der Waals surface area (Å²) in [5.41, 5.74) is 1.09. The topological polar surface area (TPSA) is 55.6 Å². The molecule has 4 nitrogen and oxygen atoms in total. The number of rotatable bonds is 8. The number of thioether (sulfide) groups is 1. The van der Waals surface area contributed by atoms with E-state index in [9.17, 15) is 4.79 Å². The maximum Gasteiger partial charge on any atom is 0.324 e. The Morgan fingerprint density at radius 2 is 2.11 bits per heavy atom. The minimum atomic E-state index is -0.382. The molecule has 0 aromatic heterocycles. The fourth-order valence-electron chi connectivity index (χ4n) is 1.79. The first-order chi connectivity index (χ1) is 9.19. The number of nitrogens with two attached hydrogens (primary N) is 1. The number of esters is 1. The average Bonchev–Trinajstić information content (AvgIpc) is 2.40. The van der Waals surface area contributed by atoms with Gasteiger partial charge >= 0.3 is 5.97 Å². The van der Waals surface area contributed by atoms with Gasteiger partial charge in [-0.15, -0.1) is 0 Å². The zero-order chi connectivity index (χ0) is 14.1. The van der Waals surface area contributed by atoms with Crippen LogP contribution in [0.5, 0.6) is 0 Å². The van der Waals surface area contributed by atoms with Crippen molar-refractivity contribution in [1.29, 1.82) is 0 Å². The zero-order valence-electron chi connectivity index (χ0n) is 11.5. The van der Waals surface area contributed by atoms with E-state index in [2.05, 4.69) is 0 Å². The number of ether oxygens (including phenoxy) is 1. The van der Waals surface area contributed by atoms with Crippen LogP contribution in [0, 0.1) is 0 Å². The monoisotopic (exact) mass is 282 g/mol. The SMILES string of the molecule is CCOC(=O)[C@H](CCSC)N(N)Cc1ccccc1. The molecule has 0 saturated heterocycles. The van der Waals surface area contributed by atoms with Crippen molar-refractivity contribution in [2.75, 3.05) is 18.6 Å². The van der Waals surface area contributed by atoms with Gasteiger partial charge in [0.15, 0.2) is 0 Å². The maximum atomic E-state index is 11.9. The molecule has 2 N–H and O–H groups in total. The van der Waals surface area contributed by atoms with Crippen molar-refractivity contribution >= 4 is 17.7 Å². The summed E-state index contributed by atoms with van der Waals surface area (Å²) in [6.45, 7) is 2.73. The van der Waals surface area contributed by atoms with Crippen molar-refractivity contribution in [2.24, 2.45) is 5.84 Å². The minimum Gasteiger partial charge on any atom is -0.465 e. The van der Waals surface area contributed by atoms with Gasteiger partial charge in [-0.3, -0.25) is 10.6 Å². The van der Waals surface area contributed by atoms with Crippen LogP contribution in [0.4, 0.5) is 0 Å². The standard InChI is InChI=1S/C14H22N2O2S/c1-3-18-14(17)13(9-10-19-2)16(15)11-12-7-5-4-6-8-12/h4-8,13H,3,9-11,15H2,1-2H3/t13-/m0/s1. The van der Waals surface area contributed by atoms with Crippen LogP contribution < -0.4 is 5.84 Å². The summed E-state index contributed by atoms with van der Waals surface area (Å²) < 4.78 is 5.09. The molecule has 0 fully saturated rings. The summed E-state index contributed by atoms with van der Waals surface area (Å²) in [6, 6.07) is 9.50. The van der Waals surface area contributed by atoms with Crippen molar-refractivity contribution in [2.45, 2.75) is 25.9 Å². The molecule has 1 aromatic carbocycles. The first-order valence-electron chi connectivity index (χ1n) is 6.39. The Bertz CT molecular complexity index is 373. The second-order valence-corrected chi connectivity index (χ2v) is 5.19. The predicted octanol–water partition coefficient (Wildman–Crippen LogP) is 2.05. The van der Waals surface area contributed by atoms with E-state index < -0.39 is 0 Å². The molecule has 0 aliphatic carbocycles. The van der Waals surface area contributed by atoms with Gasteiger partial charge in [0, 0.05) is 6.54 Å². The molecule has 0 saturated carbocycles. The lowest BCUT2D eigenvalue weighted by Crippen LogP contribution is -2.46. The minimum absolute atomic E-state index is 0.241. The highest BCUT2D eigenvalue weighted by atomic mass is 32.2. The van der Waals surface area contributed by atoms with Gasteiger partial charge in [0.1, 0.15) is 6.04 Å². The first-order valence-corrected chi connectivity index (χ1v) is 7.79. The predicted molar refractivity (Wildman–Crippen MR) is 79.6 cm³/mol. The molecule has 1 aromatic rings. The summed E-state index contributed by atoms with van der Waals surface area (Å²) >= 11 is 1.70. The van der Waals surface area contributed by atoms with Gasteiger partial charge < -0.3 is 4.74 Å². The fraction of sp³-hybridized carbons (Fsp3) is 0.500. The highest BCUT2D eigenvalue weighted by Crippen LogP contribution is 2.11. The van der Waals surface area contributed by atoms with Gasteiger partial charge in [0.05, 0.1) is 6.61 Å². The van der Waals surface area contributed by atoms with E-state index in [4.69, 9.17) is 10.6 Å². The summed E-state index contributed by atoms with van der Waals surface area (Å²) in [6.07, 6.45) is 2.71.